The molecule has 1 aliphatic heterocycles. The van der Waals surface area contributed by atoms with Crippen LogP contribution in [0.3, 0.4) is 0 Å². The first kappa shape index (κ1) is 5.91. The van der Waals surface area contributed by atoms with Crippen molar-refractivity contribution in [2.45, 2.75) is 13.3 Å². The van der Waals surface area contributed by atoms with Crippen molar-refractivity contribution in [1.82, 2.24) is 4.72 Å². The zero-order chi connectivity index (χ0) is 5.98. The van der Waals surface area contributed by atoms with Crippen LogP contribution in [0, 0.1) is 6.17 Å². The monoisotopic (exact) mass is 131 g/mol. The van der Waals surface area contributed by atoms with E-state index in [1.807, 2.05) is 6.92 Å². The summed E-state index contributed by atoms with van der Waals surface area (Å²) in [7, 11) is 0. The third-order valence-electron chi connectivity index (χ3n) is 0.826. The molecule has 0 aliphatic carbocycles. The van der Waals surface area contributed by atoms with Gasteiger partial charge in [0.25, 0.3) is 5.23 Å². The number of hydrogen-bond acceptors (Lipinski definition) is 3. The molecule has 3 nitrogen and oxygen atoms in total. The van der Waals surface area contributed by atoms with Crippen molar-refractivity contribution < 1.29 is 5.11 Å². The lowest BCUT2D eigenvalue weighted by Gasteiger charge is -1.95. The van der Waals surface area contributed by atoms with Crippen molar-refractivity contribution >= 4 is 17.2 Å². The Bertz CT molecular complexity index is 115. The Morgan fingerprint density at radius 3 is 2.88 bits per heavy atom. The largest absolute Gasteiger partial charge is 0.488 e. The van der Waals surface area contributed by atoms with E-state index in [9.17, 15) is 0 Å². The maximum atomic E-state index is 8.66. The van der Waals surface area contributed by atoms with Gasteiger partial charge in [-0.05, 0) is 6.42 Å². The molecular weight excluding hydrogens is 124 g/mol. The molecule has 0 bridgehead atoms. The summed E-state index contributed by atoms with van der Waals surface area (Å²) in [6.07, 6.45) is 1.68. The number of aliphatic hydroxyl groups excluding tert-OH is 1. The van der Waals surface area contributed by atoms with Gasteiger partial charge in [0.1, 0.15) is 0 Å². The van der Waals surface area contributed by atoms with Gasteiger partial charge in [-0.2, -0.15) is 0 Å². The van der Waals surface area contributed by atoms with E-state index in [-0.39, 0.29) is 5.23 Å². The Labute approximate surface area is 52.3 Å². The van der Waals surface area contributed by atoms with Crippen molar-refractivity contribution in [2.24, 2.45) is 4.99 Å². The molecule has 2 N–H and O–H groups in total. The number of nitrogens with one attached hydrogen (secondary N) is 1. The highest BCUT2D eigenvalue weighted by Gasteiger charge is 2.14. The molecule has 1 aliphatic rings. The Balaban J connectivity index is 2.41. The molecule has 0 aromatic rings. The van der Waals surface area contributed by atoms with E-state index in [0.29, 0.717) is 0 Å². The van der Waals surface area contributed by atoms with E-state index in [0.717, 1.165) is 24.5 Å². The number of rotatable bonds is 1. The molecule has 1 heterocycles. The smallest absolute Gasteiger partial charge is 0.260 e. The second-order valence-corrected chi connectivity index (χ2v) is 2.17. The number of hydrogen-bond donors (Lipinski definition) is 2. The van der Waals surface area contributed by atoms with Gasteiger partial charge >= 0.3 is 0 Å². The molecule has 0 amide bonds. The second-order valence-electron chi connectivity index (χ2n) is 1.40. The van der Waals surface area contributed by atoms with Crippen LogP contribution in [0.2, 0.25) is 0 Å². The summed E-state index contributed by atoms with van der Waals surface area (Å²) in [5.74, 6) is 0. The molecule has 0 saturated heterocycles. The van der Waals surface area contributed by atoms with Crippen molar-refractivity contribution in [3.63, 3.8) is 0 Å². The normalized spacial score (nSPS) is 21.4. The predicted octanol–water partition coefficient (Wildman–Crippen LogP) is 1.05. The molecule has 0 saturated carbocycles. The Hall–Kier alpha value is -0.220. The van der Waals surface area contributed by atoms with Gasteiger partial charge in [0.05, 0.1) is 0 Å². The van der Waals surface area contributed by atoms with Gasteiger partial charge in [-0.1, -0.05) is 6.92 Å². The third-order valence-corrected chi connectivity index (χ3v) is 1.44. The predicted molar refractivity (Wildman–Crippen MR) is 34.3 cm³/mol. The van der Waals surface area contributed by atoms with Crippen molar-refractivity contribution in [2.75, 3.05) is 0 Å². The van der Waals surface area contributed by atoms with Crippen LogP contribution in [0.25, 0.3) is 0 Å². The molecule has 1 rings (SSSR count). The Kier molecular flexibility index (Phi) is 1.75. The van der Waals surface area contributed by atoms with Crippen LogP contribution in [0.1, 0.15) is 13.3 Å². The van der Waals surface area contributed by atoms with E-state index in [1.54, 1.807) is 0 Å². The average molecular weight is 131 g/mol. The first-order chi connectivity index (χ1) is 3.83. The first-order valence-electron chi connectivity index (χ1n) is 2.39. The van der Waals surface area contributed by atoms with Crippen molar-refractivity contribution in [3.8, 4) is 0 Å². The first-order valence-corrected chi connectivity index (χ1v) is 3.21. The molecule has 4 heteroatoms. The van der Waals surface area contributed by atoms with E-state index in [4.69, 9.17) is 5.11 Å². The lowest BCUT2D eigenvalue weighted by atomic mass is 10.4. The minimum absolute atomic E-state index is 0.113. The highest BCUT2D eigenvalue weighted by atomic mass is 32.2. The van der Waals surface area contributed by atoms with Crippen LogP contribution >= 0.6 is 11.9 Å². The summed E-state index contributed by atoms with van der Waals surface area (Å²) < 4.78 is 2.84. The number of nitrogens with zero attached hydrogens (tertiary/aromatic N) is 1. The summed E-state index contributed by atoms with van der Waals surface area (Å²) in [5, 5.41) is 8.77. The summed E-state index contributed by atoms with van der Waals surface area (Å²) in [4.78, 5) is 3.75. The lowest BCUT2D eigenvalue weighted by Crippen LogP contribution is -2.03. The molecule has 0 atom stereocenters. The summed E-state index contributed by atoms with van der Waals surface area (Å²) in [6, 6.07) is 0. The standard InChI is InChI=1S/C4H7N2OS/c1-2-3-5-4(7)8-6-3/h6H,2H2,1H3,(H,5,7). The molecule has 1 radical (unpaired) electrons. The van der Waals surface area contributed by atoms with Gasteiger partial charge in [0.2, 0.25) is 0 Å². The molecule has 0 aromatic heterocycles. The zero-order valence-corrected chi connectivity index (χ0v) is 5.33. The zero-order valence-electron chi connectivity index (χ0n) is 4.51. The molecular formula is C4H7N2OS. The van der Waals surface area contributed by atoms with Gasteiger partial charge in [-0.3, -0.25) is 0 Å². The van der Waals surface area contributed by atoms with E-state index in [2.05, 4.69) is 9.71 Å². The molecule has 8 heavy (non-hydrogen) atoms. The maximum absolute atomic E-state index is 8.66. The van der Waals surface area contributed by atoms with Crippen LogP contribution in [0.15, 0.2) is 4.99 Å². The fourth-order valence-corrected chi connectivity index (χ4v) is 0.972. The van der Waals surface area contributed by atoms with Crippen LogP contribution in [0.5, 0.6) is 0 Å². The van der Waals surface area contributed by atoms with Gasteiger partial charge in [0.15, 0.2) is 6.17 Å². The SMILES string of the molecule is CC[C]1N=C(O)SN1. The summed E-state index contributed by atoms with van der Waals surface area (Å²) in [5.41, 5.74) is 0. The Morgan fingerprint density at radius 2 is 2.62 bits per heavy atom. The van der Waals surface area contributed by atoms with Gasteiger partial charge < -0.3 is 5.11 Å². The van der Waals surface area contributed by atoms with Gasteiger partial charge in [-0.25, -0.2) is 9.71 Å². The molecule has 0 aromatic carbocycles. The molecule has 0 unspecified atom stereocenters. The third kappa shape index (κ3) is 1.14. The highest BCUT2D eigenvalue weighted by molar-refractivity contribution is 8.12. The minimum atomic E-state index is 0.113. The van der Waals surface area contributed by atoms with Gasteiger partial charge in [-0.15, -0.1) is 0 Å². The molecule has 45 valence electrons. The van der Waals surface area contributed by atoms with Crippen LogP contribution < -0.4 is 4.72 Å². The fourth-order valence-electron chi connectivity index (χ4n) is 0.417. The molecule has 0 fully saturated rings. The van der Waals surface area contributed by atoms with Crippen molar-refractivity contribution in [3.05, 3.63) is 6.17 Å². The van der Waals surface area contributed by atoms with Gasteiger partial charge in [0, 0.05) is 11.9 Å². The number of aliphatic imine (C=N–C) groups is 1. The van der Waals surface area contributed by atoms with Crippen molar-refractivity contribution in [1.29, 1.82) is 0 Å². The van der Waals surface area contributed by atoms with E-state index >= 15 is 0 Å². The van der Waals surface area contributed by atoms with Crippen LogP contribution in [-0.2, 0) is 0 Å². The maximum Gasteiger partial charge on any atom is 0.260 e. The lowest BCUT2D eigenvalue weighted by molar-refractivity contribution is 0.568. The average Bonchev–Trinajstić information content (AvgIpc) is 2.14. The Morgan fingerprint density at radius 1 is 1.88 bits per heavy atom. The minimum Gasteiger partial charge on any atom is -0.488 e. The highest BCUT2D eigenvalue weighted by Crippen LogP contribution is 2.17. The summed E-state index contributed by atoms with van der Waals surface area (Å²) in [6.45, 7) is 1.98. The fraction of sp³-hybridized carbons (Fsp3) is 0.500. The quantitative estimate of drug-likeness (QED) is 0.523. The number of aliphatic hydroxyl groups is 1. The van der Waals surface area contributed by atoms with E-state index in [1.165, 1.54) is 0 Å². The van der Waals surface area contributed by atoms with Crippen LogP contribution in [-0.4, -0.2) is 10.3 Å². The van der Waals surface area contributed by atoms with E-state index < -0.39 is 0 Å². The topological polar surface area (TPSA) is 44.6 Å². The molecule has 0 spiro atoms. The summed E-state index contributed by atoms with van der Waals surface area (Å²) >= 11 is 1.15. The van der Waals surface area contributed by atoms with Crippen LogP contribution in [0.4, 0.5) is 0 Å². The second kappa shape index (κ2) is 2.37.